The molecule has 0 unspecified atom stereocenters. The van der Waals surface area contributed by atoms with Gasteiger partial charge >= 0.3 is 6.18 Å². The first-order chi connectivity index (χ1) is 12.1. The average Bonchev–Trinajstić information content (AvgIpc) is 3.20. The Morgan fingerprint density at radius 3 is 2.50 bits per heavy atom. The van der Waals surface area contributed by atoms with Crippen molar-refractivity contribution in [3.8, 4) is 0 Å². The summed E-state index contributed by atoms with van der Waals surface area (Å²) in [5, 5.41) is 10.6. The third kappa shape index (κ3) is 1.77. The molecule has 1 spiro atoms. The molecular formula is C21H27F3O2. The zero-order valence-electron chi connectivity index (χ0n) is 15.5. The van der Waals surface area contributed by atoms with Gasteiger partial charge in [0.15, 0.2) is 5.78 Å². The van der Waals surface area contributed by atoms with Crippen LogP contribution in [0.4, 0.5) is 13.2 Å². The molecule has 0 bridgehead atoms. The number of carbonyl (C=O) groups excluding carboxylic acids is 1. The van der Waals surface area contributed by atoms with Crippen LogP contribution in [0.1, 0.15) is 65.2 Å². The second-order valence-corrected chi connectivity index (χ2v) is 10.1. The summed E-state index contributed by atoms with van der Waals surface area (Å²) >= 11 is 0. The van der Waals surface area contributed by atoms with E-state index in [1.165, 1.54) is 0 Å². The van der Waals surface area contributed by atoms with E-state index in [9.17, 15) is 23.1 Å². The monoisotopic (exact) mass is 368 g/mol. The summed E-state index contributed by atoms with van der Waals surface area (Å²) in [6.07, 6.45) is 0.735. The van der Waals surface area contributed by atoms with E-state index in [0.29, 0.717) is 30.3 Å². The number of fused-ring (bicyclic) bond motifs is 3. The molecule has 5 aliphatic rings. The smallest absolute Gasteiger partial charge is 0.393 e. The molecule has 0 aliphatic heterocycles. The van der Waals surface area contributed by atoms with E-state index in [1.54, 1.807) is 0 Å². The first-order valence-corrected chi connectivity index (χ1v) is 10.1. The fourth-order valence-corrected chi connectivity index (χ4v) is 8.25. The Labute approximate surface area is 152 Å². The van der Waals surface area contributed by atoms with Gasteiger partial charge in [0.25, 0.3) is 0 Å². The zero-order valence-corrected chi connectivity index (χ0v) is 15.5. The Hall–Kier alpha value is -0.840. The molecular weight excluding hydrogens is 341 g/mol. The van der Waals surface area contributed by atoms with Crippen molar-refractivity contribution in [2.75, 3.05) is 0 Å². The van der Waals surface area contributed by atoms with Crippen molar-refractivity contribution >= 4 is 5.78 Å². The van der Waals surface area contributed by atoms with E-state index in [1.807, 2.05) is 6.92 Å². The Balaban J connectivity index is 1.60. The molecule has 0 radical (unpaired) electrons. The molecule has 0 heterocycles. The SMILES string of the molecule is C[C@]12CCC(=O)C(C(F)(F)F)=C1CC[C@@H]1[C@@H]2CC[C@]2(C)[C@H](O)C[C@H]3C[C@@]312. The van der Waals surface area contributed by atoms with Crippen LogP contribution < -0.4 is 0 Å². The van der Waals surface area contributed by atoms with Crippen molar-refractivity contribution in [1.82, 2.24) is 0 Å². The summed E-state index contributed by atoms with van der Waals surface area (Å²) < 4.78 is 41.0. The number of Topliss-reactive ketones (excluding diaryl/α,β-unsaturated/α-hetero) is 1. The molecule has 4 fully saturated rings. The normalized spacial score (nSPS) is 52.9. The molecule has 5 heteroatoms. The molecule has 4 saturated carbocycles. The van der Waals surface area contributed by atoms with Crippen LogP contribution in [0, 0.1) is 34.0 Å². The number of carbonyl (C=O) groups is 1. The standard InChI is InChI=1S/C21H27F3O2/c1-18-7-6-15(25)17(21(22,23)24)14(18)4-3-13-12(18)5-8-19(2)16(26)9-11-10-20(11,13)19/h11-13,16,26H,3-10H2,1-2H3/t11-,12-,13+,16+,18+,19+,20+/m0/s1. The molecule has 0 aromatic carbocycles. The maximum atomic E-state index is 13.7. The number of allylic oxidation sites excluding steroid dienone is 1. The molecule has 5 rings (SSSR count). The number of rotatable bonds is 0. The summed E-state index contributed by atoms with van der Waals surface area (Å²) in [4.78, 5) is 12.1. The van der Waals surface area contributed by atoms with Crippen LogP contribution in [0.3, 0.4) is 0 Å². The van der Waals surface area contributed by atoms with Gasteiger partial charge in [0, 0.05) is 6.42 Å². The molecule has 26 heavy (non-hydrogen) atoms. The van der Waals surface area contributed by atoms with Crippen molar-refractivity contribution in [1.29, 1.82) is 0 Å². The Kier molecular flexibility index (Phi) is 3.16. The van der Waals surface area contributed by atoms with Gasteiger partial charge in [-0.25, -0.2) is 0 Å². The second-order valence-electron chi connectivity index (χ2n) is 10.1. The molecule has 1 N–H and O–H groups in total. The van der Waals surface area contributed by atoms with Gasteiger partial charge in [-0.3, -0.25) is 4.79 Å². The maximum Gasteiger partial charge on any atom is 0.419 e. The van der Waals surface area contributed by atoms with Crippen molar-refractivity contribution < 1.29 is 23.1 Å². The molecule has 0 aromatic rings. The summed E-state index contributed by atoms with van der Waals surface area (Å²) in [7, 11) is 0. The second kappa shape index (κ2) is 4.76. The average molecular weight is 368 g/mol. The van der Waals surface area contributed by atoms with Crippen molar-refractivity contribution in [2.45, 2.75) is 77.5 Å². The van der Waals surface area contributed by atoms with E-state index in [4.69, 9.17) is 0 Å². The molecule has 144 valence electrons. The highest BCUT2D eigenvalue weighted by atomic mass is 19.4. The molecule has 2 nitrogen and oxygen atoms in total. The first-order valence-electron chi connectivity index (χ1n) is 10.1. The Bertz CT molecular complexity index is 725. The molecule has 7 atom stereocenters. The van der Waals surface area contributed by atoms with Gasteiger partial charge in [-0.1, -0.05) is 13.8 Å². The minimum Gasteiger partial charge on any atom is -0.393 e. The third-order valence-electron chi connectivity index (χ3n) is 9.53. The maximum absolute atomic E-state index is 13.7. The number of alkyl halides is 3. The molecule has 0 aromatic heterocycles. The van der Waals surface area contributed by atoms with Gasteiger partial charge in [-0.15, -0.1) is 0 Å². The fraction of sp³-hybridized carbons (Fsp3) is 0.857. The van der Waals surface area contributed by atoms with Gasteiger partial charge < -0.3 is 5.11 Å². The first kappa shape index (κ1) is 17.3. The lowest BCUT2D eigenvalue weighted by Crippen LogP contribution is -2.54. The summed E-state index contributed by atoms with van der Waals surface area (Å²) in [5.74, 6) is 0.472. The van der Waals surface area contributed by atoms with Gasteiger partial charge in [0.2, 0.25) is 0 Å². The number of hydrogen-bond donors (Lipinski definition) is 1. The van der Waals surface area contributed by atoms with Crippen LogP contribution in [-0.4, -0.2) is 23.2 Å². The fourth-order valence-electron chi connectivity index (χ4n) is 8.25. The Morgan fingerprint density at radius 2 is 1.81 bits per heavy atom. The van der Waals surface area contributed by atoms with Crippen LogP contribution in [0.25, 0.3) is 0 Å². The Morgan fingerprint density at radius 1 is 1.08 bits per heavy atom. The van der Waals surface area contributed by atoms with E-state index in [2.05, 4.69) is 6.92 Å². The number of hydrogen-bond acceptors (Lipinski definition) is 2. The zero-order chi connectivity index (χ0) is 18.7. The number of aliphatic hydroxyl groups is 1. The quantitative estimate of drug-likeness (QED) is 0.666. The van der Waals surface area contributed by atoms with E-state index in [0.717, 1.165) is 32.1 Å². The van der Waals surface area contributed by atoms with Gasteiger partial charge in [-0.2, -0.15) is 13.2 Å². The van der Waals surface area contributed by atoms with Gasteiger partial charge in [0.05, 0.1) is 11.7 Å². The van der Waals surface area contributed by atoms with Crippen LogP contribution in [0.5, 0.6) is 0 Å². The van der Waals surface area contributed by atoms with E-state index >= 15 is 0 Å². The lowest BCUT2D eigenvalue weighted by atomic mass is 9.45. The van der Waals surface area contributed by atoms with Crippen LogP contribution in [-0.2, 0) is 4.79 Å². The van der Waals surface area contributed by atoms with Gasteiger partial charge in [0.1, 0.15) is 0 Å². The van der Waals surface area contributed by atoms with Crippen LogP contribution in [0.2, 0.25) is 0 Å². The van der Waals surface area contributed by atoms with Crippen molar-refractivity contribution in [2.24, 2.45) is 34.0 Å². The number of aliphatic hydroxyl groups excluding tert-OH is 1. The minimum absolute atomic E-state index is 0.0222. The highest BCUT2D eigenvalue weighted by molar-refractivity contribution is 5.98. The summed E-state index contributed by atoms with van der Waals surface area (Å²) in [6.45, 7) is 4.22. The molecule has 0 saturated heterocycles. The number of ketones is 1. The molecule has 5 aliphatic carbocycles. The minimum atomic E-state index is -4.53. The van der Waals surface area contributed by atoms with Crippen LogP contribution >= 0.6 is 0 Å². The topological polar surface area (TPSA) is 37.3 Å². The molecule has 0 amide bonds. The highest BCUT2D eigenvalue weighted by Crippen LogP contribution is 2.82. The highest BCUT2D eigenvalue weighted by Gasteiger charge is 2.78. The summed E-state index contributed by atoms with van der Waals surface area (Å²) in [5.41, 5.74) is -0.844. The number of halogens is 3. The van der Waals surface area contributed by atoms with Crippen molar-refractivity contribution in [3.05, 3.63) is 11.1 Å². The summed E-state index contributed by atoms with van der Waals surface area (Å²) in [6, 6.07) is 0. The predicted molar refractivity (Wildman–Crippen MR) is 90.1 cm³/mol. The third-order valence-corrected chi connectivity index (χ3v) is 9.53. The van der Waals surface area contributed by atoms with Crippen LogP contribution in [0.15, 0.2) is 11.1 Å². The predicted octanol–water partition coefficient (Wildman–Crippen LogP) is 4.81. The lowest BCUT2D eigenvalue weighted by Gasteiger charge is -2.59. The van der Waals surface area contributed by atoms with E-state index in [-0.39, 0.29) is 29.3 Å². The van der Waals surface area contributed by atoms with Gasteiger partial charge in [-0.05, 0) is 84.5 Å². The lowest BCUT2D eigenvalue weighted by molar-refractivity contribution is -0.137. The van der Waals surface area contributed by atoms with Crippen molar-refractivity contribution in [3.63, 3.8) is 0 Å². The van der Waals surface area contributed by atoms with E-state index < -0.39 is 22.9 Å². The largest absolute Gasteiger partial charge is 0.419 e.